The fourth-order valence-electron chi connectivity index (χ4n) is 3.35. The predicted octanol–water partition coefficient (Wildman–Crippen LogP) is 1.50. The minimum absolute atomic E-state index is 0.0451. The Morgan fingerprint density at radius 2 is 2.15 bits per heavy atom. The fourth-order valence-corrected chi connectivity index (χ4v) is 3.35. The van der Waals surface area contributed by atoms with Gasteiger partial charge in [0.15, 0.2) is 5.96 Å². The van der Waals surface area contributed by atoms with Crippen LogP contribution in [-0.2, 0) is 18.4 Å². The molecule has 7 nitrogen and oxygen atoms in total. The molecule has 140 valence electrons. The molecule has 1 aliphatic heterocycles. The molecule has 26 heavy (non-hydrogen) atoms. The molecule has 0 aliphatic carbocycles. The zero-order chi connectivity index (χ0) is 18.7. The number of fused-ring (bicyclic) bond motifs is 1. The number of aryl methyl sites for hydroxylation is 1. The SMILES string of the molecule is CN=C(NCc1nc2ccccc2n1C)NC1CCN(C(=O)C(C)C)C1. The first-order valence-corrected chi connectivity index (χ1v) is 9.16. The van der Waals surface area contributed by atoms with Crippen molar-refractivity contribution in [2.24, 2.45) is 18.0 Å². The van der Waals surface area contributed by atoms with E-state index >= 15 is 0 Å². The van der Waals surface area contributed by atoms with Gasteiger partial charge in [-0.15, -0.1) is 0 Å². The molecular weight excluding hydrogens is 328 g/mol. The molecule has 0 bridgehead atoms. The van der Waals surface area contributed by atoms with Crippen LogP contribution in [0, 0.1) is 5.92 Å². The van der Waals surface area contributed by atoms with Gasteiger partial charge in [0.2, 0.25) is 5.91 Å². The Balaban J connectivity index is 1.57. The van der Waals surface area contributed by atoms with Crippen LogP contribution in [0.5, 0.6) is 0 Å². The topological polar surface area (TPSA) is 74.6 Å². The molecule has 2 heterocycles. The first-order valence-electron chi connectivity index (χ1n) is 9.16. The van der Waals surface area contributed by atoms with Crippen molar-refractivity contribution in [1.82, 2.24) is 25.1 Å². The van der Waals surface area contributed by atoms with Crippen LogP contribution in [0.15, 0.2) is 29.3 Å². The van der Waals surface area contributed by atoms with Crippen LogP contribution in [0.2, 0.25) is 0 Å². The lowest BCUT2D eigenvalue weighted by atomic mass is 10.2. The largest absolute Gasteiger partial charge is 0.352 e. The highest BCUT2D eigenvalue weighted by atomic mass is 16.2. The highest BCUT2D eigenvalue weighted by Gasteiger charge is 2.27. The van der Waals surface area contributed by atoms with Crippen molar-refractivity contribution in [3.05, 3.63) is 30.1 Å². The summed E-state index contributed by atoms with van der Waals surface area (Å²) in [5, 5.41) is 6.75. The molecule has 3 rings (SSSR count). The van der Waals surface area contributed by atoms with Gasteiger partial charge in [-0.1, -0.05) is 26.0 Å². The Morgan fingerprint density at radius 1 is 1.38 bits per heavy atom. The van der Waals surface area contributed by atoms with Crippen LogP contribution in [0.4, 0.5) is 0 Å². The molecule has 0 radical (unpaired) electrons. The molecule has 1 saturated heterocycles. The summed E-state index contributed by atoms with van der Waals surface area (Å²) in [6, 6.07) is 8.33. The summed E-state index contributed by atoms with van der Waals surface area (Å²) in [7, 11) is 3.78. The second-order valence-electron chi connectivity index (χ2n) is 7.07. The Kier molecular flexibility index (Phi) is 5.44. The third-order valence-corrected chi connectivity index (χ3v) is 4.85. The third kappa shape index (κ3) is 3.81. The normalized spacial score (nSPS) is 18.0. The lowest BCUT2D eigenvalue weighted by Gasteiger charge is -2.20. The maximum Gasteiger partial charge on any atom is 0.225 e. The number of likely N-dealkylation sites (tertiary alicyclic amines) is 1. The molecule has 1 amide bonds. The van der Waals surface area contributed by atoms with Crippen LogP contribution >= 0.6 is 0 Å². The number of para-hydroxylation sites is 2. The number of aromatic nitrogens is 2. The van der Waals surface area contributed by atoms with Crippen molar-refractivity contribution >= 4 is 22.9 Å². The number of hydrogen-bond donors (Lipinski definition) is 2. The number of amides is 1. The average Bonchev–Trinajstić information content (AvgIpc) is 3.23. The van der Waals surface area contributed by atoms with Crippen molar-refractivity contribution in [2.75, 3.05) is 20.1 Å². The Labute approximate surface area is 154 Å². The Hall–Kier alpha value is -2.57. The van der Waals surface area contributed by atoms with E-state index in [2.05, 4.69) is 31.2 Å². The van der Waals surface area contributed by atoms with E-state index in [1.807, 2.05) is 44.0 Å². The number of nitrogens with one attached hydrogen (secondary N) is 2. The van der Waals surface area contributed by atoms with Crippen LogP contribution in [0.25, 0.3) is 11.0 Å². The first-order chi connectivity index (χ1) is 12.5. The van der Waals surface area contributed by atoms with Crippen LogP contribution in [-0.4, -0.2) is 52.5 Å². The molecular formula is C19H28N6O. The van der Waals surface area contributed by atoms with Gasteiger partial charge in [0.25, 0.3) is 0 Å². The molecule has 1 aromatic carbocycles. The third-order valence-electron chi connectivity index (χ3n) is 4.85. The first kappa shape index (κ1) is 18.2. The van der Waals surface area contributed by atoms with E-state index in [-0.39, 0.29) is 17.9 Å². The number of carbonyl (C=O) groups is 1. The Bertz CT molecular complexity index is 809. The van der Waals surface area contributed by atoms with Crippen molar-refractivity contribution in [1.29, 1.82) is 0 Å². The summed E-state index contributed by atoms with van der Waals surface area (Å²) in [4.78, 5) is 23.0. The van der Waals surface area contributed by atoms with Crippen LogP contribution < -0.4 is 10.6 Å². The molecule has 1 unspecified atom stereocenters. The minimum Gasteiger partial charge on any atom is -0.352 e. The number of imidazole rings is 1. The maximum atomic E-state index is 12.1. The van der Waals surface area contributed by atoms with E-state index in [9.17, 15) is 4.79 Å². The standard InChI is InChI=1S/C19H28N6O/c1-13(2)18(26)25-10-9-14(12-25)22-19(20-3)21-11-17-23-15-7-5-6-8-16(15)24(17)4/h5-8,13-14H,9-12H2,1-4H3,(H2,20,21,22). The van der Waals surface area contributed by atoms with E-state index in [1.54, 1.807) is 7.05 Å². The van der Waals surface area contributed by atoms with E-state index in [4.69, 9.17) is 0 Å². The van der Waals surface area contributed by atoms with Gasteiger partial charge in [-0.3, -0.25) is 9.79 Å². The minimum atomic E-state index is 0.0451. The van der Waals surface area contributed by atoms with Gasteiger partial charge in [0.05, 0.1) is 17.6 Å². The molecule has 2 N–H and O–H groups in total. The van der Waals surface area contributed by atoms with Gasteiger partial charge < -0.3 is 20.1 Å². The molecule has 0 spiro atoms. The summed E-state index contributed by atoms with van der Waals surface area (Å²) in [5.41, 5.74) is 2.11. The summed E-state index contributed by atoms with van der Waals surface area (Å²) < 4.78 is 2.09. The number of hydrogen-bond acceptors (Lipinski definition) is 3. The van der Waals surface area contributed by atoms with E-state index in [0.29, 0.717) is 6.54 Å². The van der Waals surface area contributed by atoms with E-state index in [1.165, 1.54) is 0 Å². The predicted molar refractivity (Wildman–Crippen MR) is 104 cm³/mol. The molecule has 7 heteroatoms. The van der Waals surface area contributed by atoms with Crippen molar-refractivity contribution in [3.63, 3.8) is 0 Å². The van der Waals surface area contributed by atoms with Gasteiger partial charge in [0.1, 0.15) is 5.82 Å². The number of aliphatic imine (C=N–C) groups is 1. The molecule has 1 aromatic heterocycles. The van der Waals surface area contributed by atoms with E-state index < -0.39 is 0 Å². The number of rotatable bonds is 4. The molecule has 1 atom stereocenters. The highest BCUT2D eigenvalue weighted by molar-refractivity contribution is 5.81. The summed E-state index contributed by atoms with van der Waals surface area (Å²) in [6.45, 7) is 6.01. The van der Waals surface area contributed by atoms with Crippen molar-refractivity contribution in [3.8, 4) is 0 Å². The lowest BCUT2D eigenvalue weighted by Crippen LogP contribution is -2.45. The number of nitrogens with zero attached hydrogens (tertiary/aromatic N) is 4. The van der Waals surface area contributed by atoms with Gasteiger partial charge in [-0.05, 0) is 18.6 Å². The van der Waals surface area contributed by atoms with Gasteiger partial charge >= 0.3 is 0 Å². The second kappa shape index (κ2) is 7.76. The highest BCUT2D eigenvalue weighted by Crippen LogP contribution is 2.14. The van der Waals surface area contributed by atoms with Gasteiger partial charge in [0, 0.05) is 39.1 Å². The van der Waals surface area contributed by atoms with Gasteiger partial charge in [-0.2, -0.15) is 0 Å². The van der Waals surface area contributed by atoms with Crippen molar-refractivity contribution < 1.29 is 4.79 Å². The molecule has 0 saturated carbocycles. The average molecular weight is 356 g/mol. The molecule has 1 aliphatic rings. The zero-order valence-electron chi connectivity index (χ0n) is 16.0. The smallest absolute Gasteiger partial charge is 0.225 e. The van der Waals surface area contributed by atoms with Gasteiger partial charge in [-0.25, -0.2) is 4.98 Å². The fraction of sp³-hybridized carbons (Fsp3) is 0.526. The van der Waals surface area contributed by atoms with Crippen LogP contribution in [0.3, 0.4) is 0 Å². The maximum absolute atomic E-state index is 12.1. The Morgan fingerprint density at radius 3 is 2.85 bits per heavy atom. The monoisotopic (exact) mass is 356 g/mol. The zero-order valence-corrected chi connectivity index (χ0v) is 16.0. The summed E-state index contributed by atoms with van der Waals surface area (Å²) in [6.07, 6.45) is 0.936. The van der Waals surface area contributed by atoms with Crippen LogP contribution in [0.1, 0.15) is 26.1 Å². The second-order valence-corrected chi connectivity index (χ2v) is 7.07. The number of guanidine groups is 1. The summed E-state index contributed by atoms with van der Waals surface area (Å²) in [5.74, 6) is 1.96. The molecule has 2 aromatic rings. The number of benzene rings is 1. The number of carbonyl (C=O) groups excluding carboxylic acids is 1. The van der Waals surface area contributed by atoms with E-state index in [0.717, 1.165) is 42.3 Å². The van der Waals surface area contributed by atoms with Crippen molar-refractivity contribution in [2.45, 2.75) is 32.9 Å². The lowest BCUT2D eigenvalue weighted by molar-refractivity contribution is -0.133. The molecule has 1 fully saturated rings. The quantitative estimate of drug-likeness (QED) is 0.643. The summed E-state index contributed by atoms with van der Waals surface area (Å²) >= 11 is 0.